The van der Waals surface area contributed by atoms with E-state index in [1.54, 1.807) is 6.92 Å². The van der Waals surface area contributed by atoms with Crippen LogP contribution in [0.1, 0.15) is 37.0 Å². The van der Waals surface area contributed by atoms with Crippen molar-refractivity contribution < 1.29 is 14.3 Å². The lowest BCUT2D eigenvalue weighted by Gasteiger charge is -2.40. The number of para-hydroxylation sites is 1. The quantitative estimate of drug-likeness (QED) is 0.643. The minimum atomic E-state index is -0.506. The molecule has 2 aliphatic rings. The third-order valence-corrected chi connectivity index (χ3v) is 6.87. The van der Waals surface area contributed by atoms with E-state index in [0.29, 0.717) is 23.4 Å². The van der Waals surface area contributed by atoms with Gasteiger partial charge < -0.3 is 10.5 Å². The molecular formula is C22H21BrN2O3S. The van der Waals surface area contributed by atoms with Gasteiger partial charge in [0.1, 0.15) is 5.82 Å². The molecule has 29 heavy (non-hydrogen) atoms. The van der Waals surface area contributed by atoms with Gasteiger partial charge in [-0.2, -0.15) is 0 Å². The van der Waals surface area contributed by atoms with E-state index in [1.165, 1.54) is 11.3 Å². The predicted octanol–water partition coefficient (Wildman–Crippen LogP) is 4.85. The lowest BCUT2D eigenvalue weighted by molar-refractivity contribution is -0.138. The van der Waals surface area contributed by atoms with Gasteiger partial charge in [0.25, 0.3) is 0 Å². The molecule has 0 saturated carbocycles. The summed E-state index contributed by atoms with van der Waals surface area (Å²) in [5.41, 5.74) is 9.33. The summed E-state index contributed by atoms with van der Waals surface area (Å²) in [5, 5.41) is 0. The number of nitrogens with zero attached hydrogens (tertiary/aromatic N) is 1. The highest BCUT2D eigenvalue weighted by atomic mass is 79.9. The van der Waals surface area contributed by atoms with Crippen LogP contribution in [0, 0.1) is 0 Å². The molecule has 7 heteroatoms. The highest BCUT2D eigenvalue weighted by Gasteiger charge is 2.43. The third kappa shape index (κ3) is 3.53. The summed E-state index contributed by atoms with van der Waals surface area (Å²) in [6.45, 7) is 2.00. The van der Waals surface area contributed by atoms with Crippen LogP contribution < -0.4 is 10.6 Å². The molecule has 0 bridgehead atoms. The molecule has 4 rings (SSSR count). The molecule has 2 heterocycles. The van der Waals surface area contributed by atoms with Crippen LogP contribution in [0.4, 0.5) is 5.69 Å². The molecule has 0 saturated heterocycles. The second kappa shape index (κ2) is 8.16. The maximum absolute atomic E-state index is 13.1. The lowest BCUT2D eigenvalue weighted by atomic mass is 9.77. The van der Waals surface area contributed by atoms with Crippen molar-refractivity contribution in [3.63, 3.8) is 0 Å². The van der Waals surface area contributed by atoms with Crippen molar-refractivity contribution in [3.8, 4) is 0 Å². The average molecular weight is 473 g/mol. The van der Waals surface area contributed by atoms with Crippen LogP contribution >= 0.6 is 27.3 Å². The largest absolute Gasteiger partial charge is 0.463 e. The van der Waals surface area contributed by atoms with E-state index >= 15 is 0 Å². The van der Waals surface area contributed by atoms with Crippen LogP contribution in [-0.2, 0) is 14.3 Å². The number of thiophene rings is 1. The lowest BCUT2D eigenvalue weighted by Crippen LogP contribution is -2.40. The Morgan fingerprint density at radius 1 is 1.24 bits per heavy atom. The van der Waals surface area contributed by atoms with E-state index in [1.807, 2.05) is 47.4 Å². The zero-order valence-corrected chi connectivity index (χ0v) is 18.4. The van der Waals surface area contributed by atoms with Gasteiger partial charge in [0, 0.05) is 28.3 Å². The number of ether oxygens (including phenoxy) is 1. The van der Waals surface area contributed by atoms with Crippen molar-refractivity contribution in [2.24, 2.45) is 5.73 Å². The van der Waals surface area contributed by atoms with E-state index < -0.39 is 11.9 Å². The molecule has 0 fully saturated rings. The molecule has 0 spiro atoms. The predicted molar refractivity (Wildman–Crippen MR) is 117 cm³/mol. The molecule has 1 aromatic heterocycles. The number of hydrogen-bond acceptors (Lipinski definition) is 6. The summed E-state index contributed by atoms with van der Waals surface area (Å²) in [4.78, 5) is 28.9. The third-order valence-electron chi connectivity index (χ3n) is 5.18. The van der Waals surface area contributed by atoms with E-state index in [0.717, 1.165) is 32.9 Å². The first-order chi connectivity index (χ1) is 14.0. The van der Waals surface area contributed by atoms with Gasteiger partial charge in [0.2, 0.25) is 0 Å². The zero-order chi connectivity index (χ0) is 20.5. The number of benzene rings is 1. The summed E-state index contributed by atoms with van der Waals surface area (Å²) in [5.74, 6) is -0.591. The molecule has 1 aliphatic heterocycles. The van der Waals surface area contributed by atoms with Crippen molar-refractivity contribution >= 4 is 44.7 Å². The topological polar surface area (TPSA) is 72.6 Å². The van der Waals surface area contributed by atoms with Crippen molar-refractivity contribution in [1.29, 1.82) is 0 Å². The molecule has 0 radical (unpaired) electrons. The molecular weight excluding hydrogens is 452 g/mol. The van der Waals surface area contributed by atoms with E-state index in [2.05, 4.69) is 15.9 Å². The van der Waals surface area contributed by atoms with Crippen molar-refractivity contribution in [2.75, 3.05) is 11.5 Å². The molecule has 2 N–H and O–H groups in total. The number of rotatable bonds is 4. The Bertz CT molecular complexity index is 1030. The van der Waals surface area contributed by atoms with Crippen LogP contribution in [-0.4, -0.2) is 18.4 Å². The summed E-state index contributed by atoms with van der Waals surface area (Å²) < 4.78 is 6.30. The van der Waals surface area contributed by atoms with E-state index in [9.17, 15) is 9.59 Å². The monoisotopic (exact) mass is 472 g/mol. The van der Waals surface area contributed by atoms with Gasteiger partial charge in [0.05, 0.1) is 21.9 Å². The van der Waals surface area contributed by atoms with Gasteiger partial charge in [-0.1, -0.05) is 18.2 Å². The zero-order valence-electron chi connectivity index (χ0n) is 16.0. The van der Waals surface area contributed by atoms with Crippen LogP contribution in [0.3, 0.4) is 0 Å². The van der Waals surface area contributed by atoms with Gasteiger partial charge >= 0.3 is 5.97 Å². The van der Waals surface area contributed by atoms with Gasteiger partial charge in [0.15, 0.2) is 5.78 Å². The maximum Gasteiger partial charge on any atom is 0.338 e. The Morgan fingerprint density at radius 3 is 2.66 bits per heavy atom. The molecule has 1 aliphatic carbocycles. The number of nitrogens with two attached hydrogens (primary N) is 1. The Morgan fingerprint density at radius 2 is 2.00 bits per heavy atom. The molecule has 5 nitrogen and oxygen atoms in total. The van der Waals surface area contributed by atoms with Crippen molar-refractivity contribution in [3.05, 3.63) is 73.8 Å². The number of carbonyl (C=O) groups excluding carboxylic acids is 2. The minimum Gasteiger partial charge on any atom is -0.463 e. The first-order valence-corrected chi connectivity index (χ1v) is 11.2. The molecule has 1 atom stereocenters. The molecule has 150 valence electrons. The molecule has 2 aromatic rings. The Balaban J connectivity index is 1.98. The second-order valence-electron chi connectivity index (χ2n) is 6.90. The van der Waals surface area contributed by atoms with Crippen LogP contribution in [0.2, 0.25) is 0 Å². The first-order valence-electron chi connectivity index (χ1n) is 9.56. The standard InChI is InChI=1S/C22H21BrN2O3S/c1-2-28-22(27)20-19(16-11-12-17(23)29-16)18-14(9-6-10-15(18)26)25(21(20)24)13-7-4-3-5-8-13/h3-5,7-8,11-12,19H,2,6,9-10,24H2,1H3/t19-/m0/s1. The van der Waals surface area contributed by atoms with Crippen molar-refractivity contribution in [1.82, 2.24) is 0 Å². The Hall–Kier alpha value is -2.38. The number of Topliss-reactive ketones (excluding diaryl/α,β-unsaturated/α-hetero) is 1. The maximum atomic E-state index is 13.1. The fraction of sp³-hybridized carbons (Fsp3) is 0.273. The van der Waals surface area contributed by atoms with Gasteiger partial charge in [-0.05, 0) is 60.0 Å². The van der Waals surface area contributed by atoms with Gasteiger partial charge in [-0.15, -0.1) is 11.3 Å². The fourth-order valence-corrected chi connectivity index (χ4v) is 5.58. The number of halogens is 1. The number of hydrogen-bond donors (Lipinski definition) is 1. The number of allylic oxidation sites excluding steroid dienone is 2. The second-order valence-corrected chi connectivity index (χ2v) is 9.40. The Labute approximate surface area is 182 Å². The summed E-state index contributed by atoms with van der Waals surface area (Å²) in [7, 11) is 0. The number of esters is 1. The van der Waals surface area contributed by atoms with Crippen molar-refractivity contribution in [2.45, 2.75) is 32.1 Å². The number of anilines is 1. The van der Waals surface area contributed by atoms with Crippen LogP contribution in [0.25, 0.3) is 0 Å². The van der Waals surface area contributed by atoms with Crippen LogP contribution in [0.15, 0.2) is 68.9 Å². The van der Waals surface area contributed by atoms with Gasteiger partial charge in [-0.3, -0.25) is 9.69 Å². The molecule has 0 amide bonds. The molecule has 1 aromatic carbocycles. The Kier molecular flexibility index (Phi) is 5.61. The fourth-order valence-electron chi connectivity index (χ4n) is 4.04. The summed E-state index contributed by atoms with van der Waals surface area (Å²) >= 11 is 5.00. The average Bonchev–Trinajstić information content (AvgIpc) is 3.14. The SMILES string of the molecule is CCOC(=O)C1=C(N)N(c2ccccc2)C2=C(C(=O)CCC2)[C@@H]1c1ccc(Br)s1. The van der Waals surface area contributed by atoms with E-state index in [4.69, 9.17) is 10.5 Å². The number of carbonyl (C=O) groups is 2. The smallest absolute Gasteiger partial charge is 0.338 e. The first kappa shape index (κ1) is 19.9. The van der Waals surface area contributed by atoms with E-state index in [-0.39, 0.29) is 12.4 Å². The summed E-state index contributed by atoms with van der Waals surface area (Å²) in [6.07, 6.45) is 1.97. The molecule has 0 unspecified atom stereocenters. The highest BCUT2D eigenvalue weighted by Crippen LogP contribution is 2.48. The van der Waals surface area contributed by atoms with Crippen LogP contribution in [0.5, 0.6) is 0 Å². The number of ketones is 1. The normalized spacial score (nSPS) is 19.4. The van der Waals surface area contributed by atoms with Gasteiger partial charge in [-0.25, -0.2) is 4.79 Å². The summed E-state index contributed by atoms with van der Waals surface area (Å²) in [6, 6.07) is 13.5. The highest BCUT2D eigenvalue weighted by molar-refractivity contribution is 9.11. The minimum absolute atomic E-state index is 0.0657.